The highest BCUT2D eigenvalue weighted by atomic mass is 16.5. The summed E-state index contributed by atoms with van der Waals surface area (Å²) in [7, 11) is 1.59. The molecule has 0 aliphatic rings. The van der Waals surface area contributed by atoms with Gasteiger partial charge in [-0.3, -0.25) is 20.4 Å². The molecule has 0 saturated heterocycles. The van der Waals surface area contributed by atoms with Crippen LogP contribution in [0.1, 0.15) is 17.3 Å². The van der Waals surface area contributed by atoms with Crippen LogP contribution in [-0.2, 0) is 4.79 Å². The number of rotatable bonds is 7. The van der Waals surface area contributed by atoms with E-state index in [0.717, 1.165) is 22.2 Å². The van der Waals surface area contributed by atoms with Gasteiger partial charge >= 0.3 is 0 Å². The molecular weight excluding hydrogens is 370 g/mol. The predicted molar refractivity (Wildman–Crippen MR) is 112 cm³/mol. The number of hydrogen-bond donors (Lipinski definition) is 3. The predicted octanol–water partition coefficient (Wildman–Crippen LogP) is 3.12. The number of carbonyl (C=O) groups is 2. The Morgan fingerprint density at radius 2 is 1.62 bits per heavy atom. The minimum absolute atomic E-state index is 0.00263. The Balaban J connectivity index is 1.60. The topological polar surface area (TPSA) is 88.7 Å². The summed E-state index contributed by atoms with van der Waals surface area (Å²) in [5.74, 6) is 0.368. The molecule has 2 amide bonds. The van der Waals surface area contributed by atoms with Crippen LogP contribution < -0.4 is 25.6 Å². The van der Waals surface area contributed by atoms with Crippen molar-refractivity contribution in [1.29, 1.82) is 0 Å². The lowest BCUT2D eigenvalue weighted by atomic mass is 10.1. The number of hydrogen-bond acceptors (Lipinski definition) is 5. The summed E-state index contributed by atoms with van der Waals surface area (Å²) in [5, 5.41) is 4.85. The maximum atomic E-state index is 12.6. The van der Waals surface area contributed by atoms with Gasteiger partial charge in [0.1, 0.15) is 11.5 Å². The van der Waals surface area contributed by atoms with Gasteiger partial charge < -0.3 is 14.8 Å². The fourth-order valence-corrected chi connectivity index (χ4v) is 2.80. The van der Waals surface area contributed by atoms with Crippen LogP contribution >= 0.6 is 0 Å². The summed E-state index contributed by atoms with van der Waals surface area (Å²) in [5.41, 5.74) is 5.97. The molecule has 0 aromatic heterocycles. The largest absolute Gasteiger partial charge is 0.497 e. The van der Waals surface area contributed by atoms with E-state index in [-0.39, 0.29) is 12.5 Å². The van der Waals surface area contributed by atoms with Crippen molar-refractivity contribution < 1.29 is 19.1 Å². The van der Waals surface area contributed by atoms with Gasteiger partial charge in [0.05, 0.1) is 25.8 Å². The number of methoxy groups -OCH3 is 1. The molecule has 3 aromatic carbocycles. The number of ether oxygens (including phenoxy) is 2. The van der Waals surface area contributed by atoms with Gasteiger partial charge in [-0.2, -0.15) is 0 Å². The number of anilines is 1. The van der Waals surface area contributed by atoms with E-state index in [1.807, 2.05) is 37.3 Å². The second-order valence-electron chi connectivity index (χ2n) is 6.21. The van der Waals surface area contributed by atoms with E-state index in [2.05, 4.69) is 16.2 Å². The van der Waals surface area contributed by atoms with Crippen LogP contribution in [0.2, 0.25) is 0 Å². The SMILES string of the molecule is CCOc1cc2ccccc2cc1C(=O)NNC(=O)CNc1ccc(OC)cc1. The molecule has 0 heterocycles. The fraction of sp³-hybridized carbons (Fsp3) is 0.182. The van der Waals surface area contributed by atoms with Crippen molar-refractivity contribution in [1.82, 2.24) is 10.9 Å². The molecular formula is C22H23N3O4. The van der Waals surface area contributed by atoms with E-state index < -0.39 is 5.91 Å². The Morgan fingerprint density at radius 3 is 2.28 bits per heavy atom. The smallest absolute Gasteiger partial charge is 0.273 e. The lowest BCUT2D eigenvalue weighted by Crippen LogP contribution is -2.44. The van der Waals surface area contributed by atoms with E-state index in [1.54, 1.807) is 37.4 Å². The summed E-state index contributed by atoms with van der Waals surface area (Å²) in [4.78, 5) is 24.6. The number of hydrazine groups is 1. The second kappa shape index (κ2) is 9.45. The highest BCUT2D eigenvalue weighted by molar-refractivity contribution is 6.02. The fourth-order valence-electron chi connectivity index (χ4n) is 2.80. The molecule has 0 fully saturated rings. The van der Waals surface area contributed by atoms with Crippen molar-refractivity contribution >= 4 is 28.3 Å². The molecule has 29 heavy (non-hydrogen) atoms. The highest BCUT2D eigenvalue weighted by Crippen LogP contribution is 2.26. The Hall–Kier alpha value is -3.74. The second-order valence-corrected chi connectivity index (χ2v) is 6.21. The first-order valence-electron chi connectivity index (χ1n) is 9.23. The summed E-state index contributed by atoms with van der Waals surface area (Å²) in [6.07, 6.45) is 0. The molecule has 3 aromatic rings. The van der Waals surface area contributed by atoms with Crippen LogP contribution in [0.3, 0.4) is 0 Å². The summed E-state index contributed by atoms with van der Waals surface area (Å²) >= 11 is 0. The summed E-state index contributed by atoms with van der Waals surface area (Å²) < 4.78 is 10.7. The number of benzene rings is 3. The van der Waals surface area contributed by atoms with Crippen molar-refractivity contribution in [2.75, 3.05) is 25.6 Å². The Labute approximate surface area is 169 Å². The highest BCUT2D eigenvalue weighted by Gasteiger charge is 2.15. The minimum atomic E-state index is -0.447. The third-order valence-corrected chi connectivity index (χ3v) is 4.25. The Kier molecular flexibility index (Phi) is 6.52. The maximum absolute atomic E-state index is 12.6. The van der Waals surface area contributed by atoms with Crippen molar-refractivity contribution in [3.05, 3.63) is 66.2 Å². The zero-order valence-corrected chi connectivity index (χ0v) is 16.3. The quantitative estimate of drug-likeness (QED) is 0.537. The molecule has 0 saturated carbocycles. The maximum Gasteiger partial charge on any atom is 0.273 e. The Morgan fingerprint density at radius 1 is 0.931 bits per heavy atom. The van der Waals surface area contributed by atoms with Crippen molar-refractivity contribution in [3.63, 3.8) is 0 Å². The van der Waals surface area contributed by atoms with Crippen LogP contribution in [0.25, 0.3) is 10.8 Å². The average Bonchev–Trinajstić information content (AvgIpc) is 2.76. The number of amides is 2. The van der Waals surface area contributed by atoms with Crippen molar-refractivity contribution in [3.8, 4) is 11.5 Å². The van der Waals surface area contributed by atoms with Crippen molar-refractivity contribution in [2.45, 2.75) is 6.92 Å². The molecule has 0 aliphatic carbocycles. The lowest BCUT2D eigenvalue weighted by molar-refractivity contribution is -0.120. The molecule has 0 bridgehead atoms. The first-order valence-corrected chi connectivity index (χ1v) is 9.23. The first-order chi connectivity index (χ1) is 14.1. The molecule has 0 radical (unpaired) electrons. The van der Waals surface area contributed by atoms with E-state index in [4.69, 9.17) is 9.47 Å². The van der Waals surface area contributed by atoms with Gasteiger partial charge in [-0.25, -0.2) is 0 Å². The van der Waals surface area contributed by atoms with Crippen LogP contribution in [0, 0.1) is 0 Å². The lowest BCUT2D eigenvalue weighted by Gasteiger charge is -2.13. The van der Waals surface area contributed by atoms with E-state index >= 15 is 0 Å². The standard InChI is InChI=1S/C22H23N3O4/c1-3-29-20-13-16-7-5-4-6-15(16)12-19(20)22(27)25-24-21(26)14-23-17-8-10-18(28-2)11-9-17/h4-13,23H,3,14H2,1-2H3,(H,24,26)(H,25,27). The molecule has 0 aliphatic heterocycles. The molecule has 0 atom stereocenters. The number of nitrogens with one attached hydrogen (secondary N) is 3. The minimum Gasteiger partial charge on any atom is -0.497 e. The molecule has 7 nitrogen and oxygen atoms in total. The van der Waals surface area contributed by atoms with Gasteiger partial charge in [0.15, 0.2) is 0 Å². The van der Waals surface area contributed by atoms with Gasteiger partial charge in [0.25, 0.3) is 11.8 Å². The molecule has 7 heteroatoms. The van der Waals surface area contributed by atoms with E-state index in [1.165, 1.54) is 0 Å². The average molecular weight is 393 g/mol. The number of fused-ring (bicyclic) bond motifs is 1. The molecule has 150 valence electrons. The third kappa shape index (κ3) is 5.16. The van der Waals surface area contributed by atoms with E-state index in [0.29, 0.717) is 17.9 Å². The number of carbonyl (C=O) groups excluding carboxylic acids is 2. The van der Waals surface area contributed by atoms with Gasteiger partial charge in [-0.15, -0.1) is 0 Å². The molecule has 3 rings (SSSR count). The van der Waals surface area contributed by atoms with Gasteiger partial charge in [0.2, 0.25) is 0 Å². The monoisotopic (exact) mass is 393 g/mol. The van der Waals surface area contributed by atoms with Crippen LogP contribution in [0.15, 0.2) is 60.7 Å². The summed E-state index contributed by atoms with van der Waals surface area (Å²) in [6, 6.07) is 18.4. The normalized spacial score (nSPS) is 10.3. The third-order valence-electron chi connectivity index (χ3n) is 4.25. The van der Waals surface area contributed by atoms with Crippen LogP contribution in [0.4, 0.5) is 5.69 Å². The van der Waals surface area contributed by atoms with Crippen molar-refractivity contribution in [2.24, 2.45) is 0 Å². The zero-order chi connectivity index (χ0) is 20.6. The molecule has 3 N–H and O–H groups in total. The van der Waals surface area contributed by atoms with Gasteiger partial charge in [-0.1, -0.05) is 24.3 Å². The van der Waals surface area contributed by atoms with E-state index in [9.17, 15) is 9.59 Å². The molecule has 0 spiro atoms. The first kappa shape index (κ1) is 20.0. The van der Waals surface area contributed by atoms with Gasteiger partial charge in [0, 0.05) is 5.69 Å². The van der Waals surface area contributed by atoms with Gasteiger partial charge in [-0.05, 0) is 54.1 Å². The summed E-state index contributed by atoms with van der Waals surface area (Å²) in [6.45, 7) is 2.28. The van der Waals surface area contributed by atoms with Crippen LogP contribution in [0.5, 0.6) is 11.5 Å². The Bertz CT molecular complexity index is 1000. The zero-order valence-electron chi connectivity index (χ0n) is 16.3. The molecule has 0 unspecified atom stereocenters. The van der Waals surface area contributed by atoms with Crippen LogP contribution in [-0.4, -0.2) is 32.1 Å².